The maximum absolute atomic E-state index is 12.1. The normalized spacial score (nSPS) is 37.8. The summed E-state index contributed by atoms with van der Waals surface area (Å²) in [4.78, 5) is 14.7. The summed E-state index contributed by atoms with van der Waals surface area (Å²) in [6, 6.07) is 1.02. The molecule has 1 saturated heterocycles. The molecular formula is C16H29N3O2. The molecule has 0 aromatic rings. The quantitative estimate of drug-likeness (QED) is 0.763. The molecule has 3 fully saturated rings. The average Bonchev–Trinajstić information content (AvgIpc) is 3.14. The smallest absolute Gasteiger partial charge is 0.237 e. The van der Waals surface area contributed by atoms with Crippen LogP contribution in [0.4, 0.5) is 0 Å². The van der Waals surface area contributed by atoms with Crippen molar-refractivity contribution in [3.63, 3.8) is 0 Å². The third-order valence-corrected chi connectivity index (χ3v) is 5.49. The molecule has 120 valence electrons. The van der Waals surface area contributed by atoms with Gasteiger partial charge in [-0.1, -0.05) is 0 Å². The number of carbonyl (C=O) groups is 1. The molecule has 0 aromatic carbocycles. The van der Waals surface area contributed by atoms with E-state index in [1.165, 1.54) is 25.7 Å². The number of hydrogen-bond donors (Lipinski definition) is 2. The van der Waals surface area contributed by atoms with Gasteiger partial charge in [-0.25, -0.2) is 0 Å². The number of nitrogens with zero attached hydrogens (tertiary/aromatic N) is 1. The summed E-state index contributed by atoms with van der Waals surface area (Å²) >= 11 is 0. The van der Waals surface area contributed by atoms with E-state index >= 15 is 0 Å². The van der Waals surface area contributed by atoms with E-state index in [2.05, 4.69) is 10.2 Å². The lowest BCUT2D eigenvalue weighted by atomic mass is 9.77. The SMILES string of the molecule is COCC1CCN(C2CCCC(NC3CC3)(C(N)=O)C2)C1. The average molecular weight is 295 g/mol. The Balaban J connectivity index is 1.62. The molecule has 3 unspecified atom stereocenters. The summed E-state index contributed by atoms with van der Waals surface area (Å²) in [6.07, 6.45) is 7.69. The Kier molecular flexibility index (Phi) is 4.52. The predicted octanol–water partition coefficient (Wildman–Crippen LogP) is 0.873. The second kappa shape index (κ2) is 6.23. The lowest BCUT2D eigenvalue weighted by Crippen LogP contribution is -2.61. The molecule has 0 bridgehead atoms. The number of methoxy groups -OCH3 is 1. The van der Waals surface area contributed by atoms with Crippen molar-refractivity contribution in [1.82, 2.24) is 10.2 Å². The molecule has 3 atom stereocenters. The van der Waals surface area contributed by atoms with E-state index in [4.69, 9.17) is 10.5 Å². The highest BCUT2D eigenvalue weighted by molar-refractivity contribution is 5.85. The van der Waals surface area contributed by atoms with Crippen molar-refractivity contribution >= 4 is 5.91 Å². The molecule has 0 aromatic heterocycles. The molecule has 1 amide bonds. The van der Waals surface area contributed by atoms with Crippen molar-refractivity contribution in [3.8, 4) is 0 Å². The highest BCUT2D eigenvalue weighted by atomic mass is 16.5. The number of carbonyl (C=O) groups excluding carboxylic acids is 1. The van der Waals surface area contributed by atoms with Gasteiger partial charge in [0.25, 0.3) is 0 Å². The molecule has 1 aliphatic heterocycles. The first-order valence-electron chi connectivity index (χ1n) is 8.43. The number of ether oxygens (including phenoxy) is 1. The Bertz CT molecular complexity index is 386. The van der Waals surface area contributed by atoms with Crippen LogP contribution in [0.3, 0.4) is 0 Å². The number of hydrogen-bond acceptors (Lipinski definition) is 4. The summed E-state index contributed by atoms with van der Waals surface area (Å²) in [5.74, 6) is 0.503. The zero-order valence-electron chi connectivity index (χ0n) is 13.1. The van der Waals surface area contributed by atoms with Crippen LogP contribution < -0.4 is 11.1 Å². The third kappa shape index (κ3) is 3.41. The zero-order chi connectivity index (χ0) is 14.9. The van der Waals surface area contributed by atoms with Gasteiger partial charge in [0.2, 0.25) is 5.91 Å². The topological polar surface area (TPSA) is 67.6 Å². The van der Waals surface area contributed by atoms with Crippen LogP contribution in [0, 0.1) is 5.92 Å². The van der Waals surface area contributed by atoms with Crippen molar-refractivity contribution in [1.29, 1.82) is 0 Å². The van der Waals surface area contributed by atoms with E-state index in [9.17, 15) is 4.79 Å². The fraction of sp³-hybridized carbons (Fsp3) is 0.938. The molecule has 3 N–H and O–H groups in total. The molecule has 3 aliphatic rings. The van der Waals surface area contributed by atoms with E-state index in [0.29, 0.717) is 18.0 Å². The van der Waals surface area contributed by atoms with E-state index in [1.54, 1.807) is 7.11 Å². The number of primary amides is 1. The molecule has 5 nitrogen and oxygen atoms in total. The first-order valence-corrected chi connectivity index (χ1v) is 8.43. The van der Waals surface area contributed by atoms with Gasteiger partial charge in [0.15, 0.2) is 0 Å². The van der Waals surface area contributed by atoms with Crippen LogP contribution in [0.5, 0.6) is 0 Å². The second-order valence-corrected chi connectivity index (χ2v) is 7.22. The summed E-state index contributed by atoms with van der Waals surface area (Å²) in [5.41, 5.74) is 5.32. The second-order valence-electron chi connectivity index (χ2n) is 7.22. The maximum Gasteiger partial charge on any atom is 0.237 e. The molecule has 0 radical (unpaired) electrons. The zero-order valence-corrected chi connectivity index (χ0v) is 13.1. The molecule has 21 heavy (non-hydrogen) atoms. The largest absolute Gasteiger partial charge is 0.384 e. The Morgan fingerprint density at radius 1 is 1.38 bits per heavy atom. The fourth-order valence-electron chi connectivity index (χ4n) is 4.17. The van der Waals surface area contributed by atoms with Gasteiger partial charge in [0, 0.05) is 25.7 Å². The molecule has 1 heterocycles. The van der Waals surface area contributed by atoms with E-state index in [0.717, 1.165) is 39.0 Å². The first-order chi connectivity index (χ1) is 10.1. The van der Waals surface area contributed by atoms with Gasteiger partial charge in [-0.15, -0.1) is 0 Å². The maximum atomic E-state index is 12.1. The number of nitrogens with two attached hydrogens (primary N) is 1. The van der Waals surface area contributed by atoms with E-state index in [1.807, 2.05) is 0 Å². The van der Waals surface area contributed by atoms with Crippen LogP contribution in [-0.2, 0) is 9.53 Å². The lowest BCUT2D eigenvalue weighted by molar-refractivity contribution is -0.126. The van der Waals surface area contributed by atoms with Crippen molar-refractivity contribution in [2.24, 2.45) is 11.7 Å². The number of nitrogens with one attached hydrogen (secondary N) is 1. The van der Waals surface area contributed by atoms with Crippen molar-refractivity contribution in [2.75, 3.05) is 26.8 Å². The summed E-state index contributed by atoms with van der Waals surface area (Å²) in [5, 5.41) is 3.57. The van der Waals surface area contributed by atoms with Crippen LogP contribution in [0.25, 0.3) is 0 Å². The summed E-state index contributed by atoms with van der Waals surface area (Å²) < 4.78 is 5.29. The Hall–Kier alpha value is -0.650. The first kappa shape index (κ1) is 15.3. The molecule has 3 rings (SSSR count). The van der Waals surface area contributed by atoms with Gasteiger partial charge in [-0.05, 0) is 57.4 Å². The van der Waals surface area contributed by atoms with Gasteiger partial charge >= 0.3 is 0 Å². The molecule has 5 heteroatoms. The summed E-state index contributed by atoms with van der Waals surface area (Å²) in [7, 11) is 1.78. The minimum Gasteiger partial charge on any atom is -0.384 e. The van der Waals surface area contributed by atoms with Crippen LogP contribution in [0.1, 0.15) is 44.9 Å². The van der Waals surface area contributed by atoms with Crippen molar-refractivity contribution in [3.05, 3.63) is 0 Å². The monoisotopic (exact) mass is 295 g/mol. The van der Waals surface area contributed by atoms with Crippen LogP contribution in [0.15, 0.2) is 0 Å². The number of amides is 1. The highest BCUT2D eigenvalue weighted by Gasteiger charge is 2.46. The molecule has 2 aliphatic carbocycles. The Labute approximate surface area is 127 Å². The number of likely N-dealkylation sites (tertiary alicyclic amines) is 1. The van der Waals surface area contributed by atoms with Gasteiger partial charge in [-0.3, -0.25) is 9.69 Å². The highest BCUT2D eigenvalue weighted by Crippen LogP contribution is 2.36. The third-order valence-electron chi connectivity index (χ3n) is 5.49. The van der Waals surface area contributed by atoms with E-state index < -0.39 is 5.54 Å². The van der Waals surface area contributed by atoms with Crippen molar-refractivity contribution < 1.29 is 9.53 Å². The Morgan fingerprint density at radius 2 is 2.19 bits per heavy atom. The fourth-order valence-corrected chi connectivity index (χ4v) is 4.17. The van der Waals surface area contributed by atoms with E-state index in [-0.39, 0.29) is 5.91 Å². The predicted molar refractivity (Wildman–Crippen MR) is 81.9 cm³/mol. The molecule has 0 spiro atoms. The molecule has 2 saturated carbocycles. The lowest BCUT2D eigenvalue weighted by Gasteiger charge is -2.42. The minimum absolute atomic E-state index is 0.147. The van der Waals surface area contributed by atoms with Crippen molar-refractivity contribution in [2.45, 2.75) is 62.6 Å². The van der Waals surface area contributed by atoms with Gasteiger partial charge in [-0.2, -0.15) is 0 Å². The van der Waals surface area contributed by atoms with Gasteiger partial charge < -0.3 is 15.8 Å². The van der Waals surface area contributed by atoms with Crippen LogP contribution >= 0.6 is 0 Å². The number of rotatable bonds is 6. The minimum atomic E-state index is -0.455. The Morgan fingerprint density at radius 3 is 2.86 bits per heavy atom. The van der Waals surface area contributed by atoms with Crippen LogP contribution in [-0.4, -0.2) is 55.2 Å². The standard InChI is InChI=1S/C16H29N3O2/c1-21-11-12-6-8-19(10-12)14-3-2-7-16(9-14,15(17)20)18-13-4-5-13/h12-14,18H,2-11H2,1H3,(H2,17,20). The van der Waals surface area contributed by atoms with Gasteiger partial charge in [0.1, 0.15) is 0 Å². The van der Waals surface area contributed by atoms with Gasteiger partial charge in [0.05, 0.1) is 12.1 Å². The molecular weight excluding hydrogens is 266 g/mol. The summed E-state index contributed by atoms with van der Waals surface area (Å²) in [6.45, 7) is 3.10. The van der Waals surface area contributed by atoms with Crippen LogP contribution in [0.2, 0.25) is 0 Å².